The maximum atomic E-state index is 11.7. The first-order valence-electron chi connectivity index (χ1n) is 6.31. The smallest absolute Gasteiger partial charge is 0.236 e. The molecule has 1 heterocycles. The van der Waals surface area contributed by atoms with Crippen LogP contribution in [0.3, 0.4) is 0 Å². The Labute approximate surface area is 106 Å². The van der Waals surface area contributed by atoms with Crippen LogP contribution in [0.1, 0.15) is 32.1 Å². The molecule has 2 aliphatic rings. The lowest BCUT2D eigenvalue weighted by atomic mass is 10.2. The second kappa shape index (κ2) is 5.50. The minimum absolute atomic E-state index is 0.0734. The number of rotatable bonds is 4. The van der Waals surface area contributed by atoms with Crippen molar-refractivity contribution in [3.63, 3.8) is 0 Å². The predicted octanol–water partition coefficient (Wildman–Crippen LogP) is 1.86. The molecule has 0 spiro atoms. The molecule has 2 rings (SSSR count). The third kappa shape index (κ3) is 2.77. The second-order valence-electron chi connectivity index (χ2n) is 5.00. The van der Waals surface area contributed by atoms with Gasteiger partial charge in [0.1, 0.15) is 0 Å². The number of likely N-dealkylation sites (tertiary alicyclic amines) is 1. The van der Waals surface area contributed by atoms with Crippen LogP contribution in [-0.4, -0.2) is 53.3 Å². The Morgan fingerprint density at radius 2 is 2.06 bits per heavy atom. The molecule has 1 aliphatic carbocycles. The summed E-state index contributed by atoms with van der Waals surface area (Å²) in [7, 11) is 2.20. The van der Waals surface area contributed by atoms with Gasteiger partial charge in [-0.3, -0.25) is 4.79 Å². The second-order valence-corrected chi connectivity index (χ2v) is 6.11. The Morgan fingerprint density at radius 3 is 2.62 bits per heavy atom. The third-order valence-corrected chi connectivity index (χ3v) is 4.75. The predicted molar refractivity (Wildman–Crippen MR) is 68.8 cm³/mol. The molecule has 4 heteroatoms. The largest absolute Gasteiger partial charge is 0.340 e. The summed E-state index contributed by atoms with van der Waals surface area (Å²) in [5.41, 5.74) is 0. The standard InChI is InChI=1S/C12H21BrN2O/c1-14(10-4-2-3-5-10)8-9-15-7-6-11(13)12(15)16/h10-11H,2-9H2,1H3. The first-order valence-corrected chi connectivity index (χ1v) is 7.23. The number of nitrogens with zero attached hydrogens (tertiary/aromatic N) is 2. The van der Waals surface area contributed by atoms with Crippen LogP contribution in [0.2, 0.25) is 0 Å². The number of halogens is 1. The minimum atomic E-state index is 0.0734. The highest BCUT2D eigenvalue weighted by molar-refractivity contribution is 9.10. The van der Waals surface area contributed by atoms with E-state index in [2.05, 4.69) is 27.9 Å². The quantitative estimate of drug-likeness (QED) is 0.738. The van der Waals surface area contributed by atoms with Crippen molar-refractivity contribution in [3.05, 3.63) is 0 Å². The lowest BCUT2D eigenvalue weighted by Gasteiger charge is -2.26. The summed E-state index contributed by atoms with van der Waals surface area (Å²) in [5, 5.41) is 0. The summed E-state index contributed by atoms with van der Waals surface area (Å²) in [6, 6.07) is 0.762. The first-order chi connectivity index (χ1) is 7.68. The fourth-order valence-electron chi connectivity index (χ4n) is 2.73. The number of hydrogen-bond donors (Lipinski definition) is 0. The normalized spacial score (nSPS) is 27.3. The van der Waals surface area contributed by atoms with Crippen molar-refractivity contribution in [2.24, 2.45) is 0 Å². The molecule has 16 heavy (non-hydrogen) atoms. The summed E-state index contributed by atoms with van der Waals surface area (Å²) in [6.07, 6.45) is 6.39. The van der Waals surface area contributed by atoms with Crippen LogP contribution in [0.4, 0.5) is 0 Å². The number of carbonyl (C=O) groups excluding carboxylic acids is 1. The van der Waals surface area contributed by atoms with Crippen LogP contribution >= 0.6 is 15.9 Å². The van der Waals surface area contributed by atoms with E-state index in [0.29, 0.717) is 0 Å². The Bertz CT molecular complexity index is 253. The van der Waals surface area contributed by atoms with Gasteiger partial charge in [0.2, 0.25) is 5.91 Å². The first kappa shape index (κ1) is 12.4. The van der Waals surface area contributed by atoms with E-state index in [1.807, 2.05) is 4.90 Å². The zero-order chi connectivity index (χ0) is 11.5. The van der Waals surface area contributed by atoms with Gasteiger partial charge in [-0.25, -0.2) is 0 Å². The van der Waals surface area contributed by atoms with Gasteiger partial charge in [-0.1, -0.05) is 28.8 Å². The van der Waals surface area contributed by atoms with Gasteiger partial charge in [0, 0.05) is 25.7 Å². The highest BCUT2D eigenvalue weighted by Gasteiger charge is 2.29. The molecule has 2 fully saturated rings. The van der Waals surface area contributed by atoms with E-state index in [0.717, 1.165) is 32.1 Å². The van der Waals surface area contributed by atoms with Gasteiger partial charge in [0.25, 0.3) is 0 Å². The molecule has 0 aromatic rings. The Morgan fingerprint density at radius 1 is 1.38 bits per heavy atom. The van der Waals surface area contributed by atoms with Crippen molar-refractivity contribution >= 4 is 21.8 Å². The monoisotopic (exact) mass is 288 g/mol. The van der Waals surface area contributed by atoms with Crippen molar-refractivity contribution in [3.8, 4) is 0 Å². The average Bonchev–Trinajstić information content (AvgIpc) is 2.89. The number of amides is 1. The number of hydrogen-bond acceptors (Lipinski definition) is 2. The molecule has 1 aliphatic heterocycles. The Kier molecular flexibility index (Phi) is 4.25. The van der Waals surface area contributed by atoms with Crippen LogP contribution in [0.25, 0.3) is 0 Å². The molecule has 0 bridgehead atoms. The SMILES string of the molecule is CN(CCN1CCC(Br)C1=O)C1CCCC1. The summed E-state index contributed by atoms with van der Waals surface area (Å²) >= 11 is 3.41. The zero-order valence-corrected chi connectivity index (χ0v) is 11.6. The lowest BCUT2D eigenvalue weighted by Crippen LogP contribution is -2.38. The Balaban J connectivity index is 1.72. The summed E-state index contributed by atoms with van der Waals surface area (Å²) in [5.74, 6) is 0.278. The number of likely N-dealkylation sites (N-methyl/N-ethyl adjacent to an activating group) is 1. The molecule has 92 valence electrons. The topological polar surface area (TPSA) is 23.6 Å². The van der Waals surface area contributed by atoms with Gasteiger partial charge in [-0.15, -0.1) is 0 Å². The summed E-state index contributed by atoms with van der Waals surface area (Å²) < 4.78 is 0. The van der Waals surface area contributed by atoms with Gasteiger partial charge >= 0.3 is 0 Å². The average molecular weight is 289 g/mol. The van der Waals surface area contributed by atoms with Crippen LogP contribution in [0.5, 0.6) is 0 Å². The van der Waals surface area contributed by atoms with E-state index in [9.17, 15) is 4.79 Å². The zero-order valence-electron chi connectivity index (χ0n) is 9.99. The van der Waals surface area contributed by atoms with E-state index in [-0.39, 0.29) is 10.7 Å². The molecule has 0 N–H and O–H groups in total. The van der Waals surface area contributed by atoms with E-state index in [1.165, 1.54) is 25.7 Å². The summed E-state index contributed by atoms with van der Waals surface area (Å²) in [6.45, 7) is 2.84. The van der Waals surface area contributed by atoms with Crippen LogP contribution in [0, 0.1) is 0 Å². The molecule has 1 amide bonds. The molecule has 1 saturated heterocycles. The molecule has 1 unspecified atom stereocenters. The molecular formula is C12H21BrN2O. The molecule has 1 atom stereocenters. The molecule has 3 nitrogen and oxygen atoms in total. The third-order valence-electron chi connectivity index (χ3n) is 3.90. The van der Waals surface area contributed by atoms with Gasteiger partial charge in [0.05, 0.1) is 4.83 Å². The Hall–Kier alpha value is -0.0900. The van der Waals surface area contributed by atoms with Crippen LogP contribution in [-0.2, 0) is 4.79 Å². The fourth-order valence-corrected chi connectivity index (χ4v) is 3.22. The number of carbonyl (C=O) groups is 1. The maximum absolute atomic E-state index is 11.7. The van der Waals surface area contributed by atoms with Gasteiger partial charge in [-0.05, 0) is 26.3 Å². The highest BCUT2D eigenvalue weighted by atomic mass is 79.9. The van der Waals surface area contributed by atoms with E-state index < -0.39 is 0 Å². The number of alkyl halides is 1. The molecule has 0 aromatic heterocycles. The van der Waals surface area contributed by atoms with Crippen molar-refractivity contribution in [2.45, 2.75) is 43.0 Å². The van der Waals surface area contributed by atoms with Crippen LogP contribution < -0.4 is 0 Å². The fraction of sp³-hybridized carbons (Fsp3) is 0.917. The van der Waals surface area contributed by atoms with E-state index in [1.54, 1.807) is 0 Å². The minimum Gasteiger partial charge on any atom is -0.340 e. The van der Waals surface area contributed by atoms with Gasteiger partial charge in [-0.2, -0.15) is 0 Å². The molecule has 1 saturated carbocycles. The lowest BCUT2D eigenvalue weighted by molar-refractivity contribution is -0.127. The van der Waals surface area contributed by atoms with Crippen LogP contribution in [0.15, 0.2) is 0 Å². The van der Waals surface area contributed by atoms with E-state index in [4.69, 9.17) is 0 Å². The van der Waals surface area contributed by atoms with Crippen molar-refractivity contribution in [2.75, 3.05) is 26.7 Å². The van der Waals surface area contributed by atoms with Gasteiger partial charge < -0.3 is 9.80 Å². The van der Waals surface area contributed by atoms with Gasteiger partial charge in [0.15, 0.2) is 0 Å². The molecule has 0 aromatic carbocycles. The van der Waals surface area contributed by atoms with Crippen molar-refractivity contribution in [1.29, 1.82) is 0 Å². The summed E-state index contributed by atoms with van der Waals surface area (Å²) in [4.78, 5) is 16.2. The van der Waals surface area contributed by atoms with Crippen molar-refractivity contribution in [1.82, 2.24) is 9.80 Å². The highest BCUT2D eigenvalue weighted by Crippen LogP contribution is 2.23. The van der Waals surface area contributed by atoms with E-state index >= 15 is 0 Å². The molecule has 0 radical (unpaired) electrons. The molecular weight excluding hydrogens is 268 g/mol. The maximum Gasteiger partial charge on any atom is 0.236 e. The van der Waals surface area contributed by atoms with Crippen molar-refractivity contribution < 1.29 is 4.79 Å².